The Morgan fingerprint density at radius 3 is 2.85 bits per heavy atom. The van der Waals surface area contributed by atoms with Crippen molar-refractivity contribution >= 4 is 5.97 Å². The van der Waals surface area contributed by atoms with Crippen molar-refractivity contribution in [3.8, 4) is 0 Å². The lowest BCUT2D eigenvalue weighted by atomic mass is 9.93. The van der Waals surface area contributed by atoms with E-state index in [1.54, 1.807) is 0 Å². The number of carbonyl (C=O) groups is 1. The topological polar surface area (TPSA) is 49.3 Å². The quantitative estimate of drug-likeness (QED) is 0.701. The van der Waals surface area contributed by atoms with E-state index >= 15 is 0 Å². The van der Waals surface area contributed by atoms with Gasteiger partial charge < -0.3 is 10.4 Å². The summed E-state index contributed by atoms with van der Waals surface area (Å²) in [6.07, 6.45) is 1.01. The molecule has 1 aliphatic heterocycles. The maximum atomic E-state index is 13.3. The van der Waals surface area contributed by atoms with Crippen molar-refractivity contribution < 1.29 is 14.3 Å². The highest BCUT2D eigenvalue weighted by molar-refractivity contribution is 5.66. The van der Waals surface area contributed by atoms with Crippen molar-refractivity contribution in [2.45, 2.75) is 31.9 Å². The first-order valence-corrected chi connectivity index (χ1v) is 4.76. The van der Waals surface area contributed by atoms with Crippen LogP contribution in [0.2, 0.25) is 0 Å². The van der Waals surface area contributed by atoms with Gasteiger partial charge in [-0.15, -0.1) is 0 Å². The molecule has 0 aliphatic carbocycles. The van der Waals surface area contributed by atoms with Crippen LogP contribution in [0.4, 0.5) is 4.39 Å². The molecule has 0 spiro atoms. The highest BCUT2D eigenvalue weighted by Gasteiger charge is 2.23. The van der Waals surface area contributed by atoms with Crippen LogP contribution in [0.1, 0.15) is 25.7 Å². The van der Waals surface area contributed by atoms with Gasteiger partial charge in [-0.05, 0) is 38.3 Å². The molecule has 1 aliphatic rings. The number of rotatable bonds is 3. The van der Waals surface area contributed by atoms with Crippen LogP contribution in [0.3, 0.4) is 0 Å². The molecule has 1 rings (SSSR count). The van der Waals surface area contributed by atoms with E-state index in [-0.39, 0.29) is 12.3 Å². The van der Waals surface area contributed by atoms with Crippen molar-refractivity contribution in [2.75, 3.05) is 13.1 Å². The van der Waals surface area contributed by atoms with Gasteiger partial charge in [-0.2, -0.15) is 0 Å². The highest BCUT2D eigenvalue weighted by atomic mass is 19.1. The Balaban J connectivity index is 2.31. The zero-order valence-electron chi connectivity index (χ0n) is 7.63. The first kappa shape index (κ1) is 10.4. The molecule has 4 heteroatoms. The summed E-state index contributed by atoms with van der Waals surface area (Å²) in [5.74, 6) is -0.893. The number of carboxylic acids is 1. The van der Waals surface area contributed by atoms with Crippen molar-refractivity contribution in [1.29, 1.82) is 0 Å². The number of hydrogen-bond donors (Lipinski definition) is 2. The molecule has 1 saturated heterocycles. The zero-order valence-corrected chi connectivity index (χ0v) is 7.63. The van der Waals surface area contributed by atoms with Crippen LogP contribution in [0, 0.1) is 5.92 Å². The lowest BCUT2D eigenvalue weighted by molar-refractivity contribution is -0.137. The third-order valence-corrected chi connectivity index (χ3v) is 2.53. The van der Waals surface area contributed by atoms with Gasteiger partial charge in [0, 0.05) is 6.42 Å². The van der Waals surface area contributed by atoms with Crippen molar-refractivity contribution in [2.24, 2.45) is 5.92 Å². The molecule has 0 aromatic heterocycles. The molecule has 3 nitrogen and oxygen atoms in total. The van der Waals surface area contributed by atoms with E-state index in [0.29, 0.717) is 19.4 Å². The fourth-order valence-electron chi connectivity index (χ4n) is 1.70. The molecule has 1 heterocycles. The van der Waals surface area contributed by atoms with Crippen LogP contribution in [-0.4, -0.2) is 30.3 Å². The third-order valence-electron chi connectivity index (χ3n) is 2.53. The summed E-state index contributed by atoms with van der Waals surface area (Å²) in [7, 11) is 0. The van der Waals surface area contributed by atoms with Gasteiger partial charge in [-0.3, -0.25) is 4.79 Å². The van der Waals surface area contributed by atoms with E-state index in [0.717, 1.165) is 13.0 Å². The molecule has 0 amide bonds. The monoisotopic (exact) mass is 189 g/mol. The summed E-state index contributed by atoms with van der Waals surface area (Å²) in [5.41, 5.74) is 0. The average Bonchev–Trinajstić information content (AvgIpc) is 2.27. The molecule has 2 N–H and O–H groups in total. The summed E-state index contributed by atoms with van der Waals surface area (Å²) in [6, 6.07) is 0. The summed E-state index contributed by atoms with van der Waals surface area (Å²) >= 11 is 0. The molecule has 0 bridgehead atoms. The second-order valence-electron chi connectivity index (χ2n) is 3.54. The number of halogens is 1. The summed E-state index contributed by atoms with van der Waals surface area (Å²) in [4.78, 5) is 10.3. The Morgan fingerprint density at radius 1 is 1.46 bits per heavy atom. The minimum atomic E-state index is -0.829. The zero-order chi connectivity index (χ0) is 9.68. The first-order valence-electron chi connectivity index (χ1n) is 4.76. The minimum absolute atomic E-state index is 0.0638. The van der Waals surface area contributed by atoms with Crippen molar-refractivity contribution in [3.63, 3.8) is 0 Å². The molecular formula is C9H16FNO2. The number of alkyl halides is 1. The smallest absolute Gasteiger partial charge is 0.303 e. The summed E-state index contributed by atoms with van der Waals surface area (Å²) in [5, 5.41) is 11.6. The van der Waals surface area contributed by atoms with Gasteiger partial charge >= 0.3 is 5.97 Å². The van der Waals surface area contributed by atoms with Crippen molar-refractivity contribution in [3.05, 3.63) is 0 Å². The van der Waals surface area contributed by atoms with E-state index in [9.17, 15) is 9.18 Å². The molecule has 13 heavy (non-hydrogen) atoms. The van der Waals surface area contributed by atoms with Gasteiger partial charge in [0.2, 0.25) is 0 Å². The molecular weight excluding hydrogens is 173 g/mol. The third kappa shape index (κ3) is 3.72. The SMILES string of the molecule is O=C(O)CCC1CCNCCC1F. The second-order valence-corrected chi connectivity index (χ2v) is 3.54. The Bertz CT molecular complexity index is 175. The predicted molar refractivity (Wildman–Crippen MR) is 47.4 cm³/mol. The maximum absolute atomic E-state index is 13.3. The Hall–Kier alpha value is -0.640. The number of aliphatic carboxylic acids is 1. The fraction of sp³-hybridized carbons (Fsp3) is 0.889. The lowest BCUT2D eigenvalue weighted by Gasteiger charge is -2.16. The van der Waals surface area contributed by atoms with E-state index < -0.39 is 12.1 Å². The molecule has 0 radical (unpaired) electrons. The Labute approximate surface area is 77.3 Å². The molecule has 0 aromatic carbocycles. The van der Waals surface area contributed by atoms with Gasteiger partial charge in [0.25, 0.3) is 0 Å². The van der Waals surface area contributed by atoms with Gasteiger partial charge in [-0.25, -0.2) is 4.39 Å². The minimum Gasteiger partial charge on any atom is -0.481 e. The normalized spacial score (nSPS) is 29.6. The van der Waals surface area contributed by atoms with Crippen LogP contribution < -0.4 is 5.32 Å². The van der Waals surface area contributed by atoms with Gasteiger partial charge in [0.05, 0.1) is 0 Å². The molecule has 76 valence electrons. The maximum Gasteiger partial charge on any atom is 0.303 e. The highest BCUT2D eigenvalue weighted by Crippen LogP contribution is 2.22. The van der Waals surface area contributed by atoms with Gasteiger partial charge in [-0.1, -0.05) is 0 Å². The van der Waals surface area contributed by atoms with Crippen LogP contribution in [0.25, 0.3) is 0 Å². The van der Waals surface area contributed by atoms with E-state index in [2.05, 4.69) is 5.32 Å². The summed E-state index contributed by atoms with van der Waals surface area (Å²) in [6.45, 7) is 1.52. The largest absolute Gasteiger partial charge is 0.481 e. The first-order chi connectivity index (χ1) is 6.20. The Kier molecular flexibility index (Phi) is 4.15. The molecule has 1 fully saturated rings. The van der Waals surface area contributed by atoms with Gasteiger partial charge in [0.1, 0.15) is 6.17 Å². The summed E-state index contributed by atoms with van der Waals surface area (Å²) < 4.78 is 13.3. The number of hydrogen-bond acceptors (Lipinski definition) is 2. The molecule has 0 saturated carbocycles. The standard InChI is InChI=1S/C9H16FNO2/c10-8-4-6-11-5-3-7(8)1-2-9(12)13/h7-8,11H,1-6H2,(H,12,13). The van der Waals surface area contributed by atoms with Gasteiger partial charge in [0.15, 0.2) is 0 Å². The van der Waals surface area contributed by atoms with Crippen LogP contribution in [0.5, 0.6) is 0 Å². The second kappa shape index (κ2) is 5.17. The van der Waals surface area contributed by atoms with Crippen LogP contribution >= 0.6 is 0 Å². The fourth-order valence-corrected chi connectivity index (χ4v) is 1.70. The molecule has 0 aromatic rings. The lowest BCUT2D eigenvalue weighted by Crippen LogP contribution is -2.16. The van der Waals surface area contributed by atoms with Crippen LogP contribution in [0.15, 0.2) is 0 Å². The average molecular weight is 189 g/mol. The van der Waals surface area contributed by atoms with Crippen LogP contribution in [-0.2, 0) is 4.79 Å². The number of nitrogens with one attached hydrogen (secondary N) is 1. The van der Waals surface area contributed by atoms with E-state index in [1.807, 2.05) is 0 Å². The van der Waals surface area contributed by atoms with Crippen molar-refractivity contribution in [1.82, 2.24) is 5.32 Å². The van der Waals surface area contributed by atoms with E-state index in [4.69, 9.17) is 5.11 Å². The Morgan fingerprint density at radius 2 is 2.15 bits per heavy atom. The van der Waals surface area contributed by atoms with E-state index in [1.165, 1.54) is 0 Å². The molecule has 2 atom stereocenters. The number of carboxylic acid groups (broad SMARTS) is 1. The molecule has 2 unspecified atom stereocenters. The predicted octanol–water partition coefficient (Wildman–Crippen LogP) is 1.19.